The first-order chi connectivity index (χ1) is 6.20. The number of rotatable bonds is 0. The van der Waals surface area contributed by atoms with Crippen molar-refractivity contribution in [2.45, 2.75) is 11.9 Å². The van der Waals surface area contributed by atoms with Crippen LogP contribution in [-0.4, -0.2) is 9.38 Å². The van der Waals surface area contributed by atoms with E-state index in [4.69, 9.17) is 0 Å². The average molecular weight is 192 g/mol. The van der Waals surface area contributed by atoms with Crippen molar-refractivity contribution in [2.75, 3.05) is 0 Å². The van der Waals surface area contributed by atoms with Crippen molar-refractivity contribution < 1.29 is 0 Å². The van der Waals surface area contributed by atoms with Crippen LogP contribution in [0.15, 0.2) is 34.2 Å². The van der Waals surface area contributed by atoms with Crippen LogP contribution in [-0.2, 0) is 0 Å². The maximum Gasteiger partial charge on any atom is 0.261 e. The fourth-order valence-corrected chi connectivity index (χ4v) is 1.36. The summed E-state index contributed by atoms with van der Waals surface area (Å²) in [5.74, 6) is 0. The number of aromatic nitrogens is 2. The third-order valence-corrected chi connectivity index (χ3v) is 2.37. The van der Waals surface area contributed by atoms with Gasteiger partial charge in [0.1, 0.15) is 10.7 Å². The fraction of sp³-hybridized carbons (Fsp3) is 0.111. The van der Waals surface area contributed by atoms with Crippen LogP contribution < -0.4 is 5.56 Å². The van der Waals surface area contributed by atoms with E-state index >= 15 is 0 Å². The van der Waals surface area contributed by atoms with Gasteiger partial charge in [0.25, 0.3) is 5.56 Å². The molecule has 2 rings (SSSR count). The van der Waals surface area contributed by atoms with Crippen molar-refractivity contribution in [1.82, 2.24) is 9.38 Å². The lowest BCUT2D eigenvalue weighted by molar-refractivity contribution is 0.950. The highest BCUT2D eigenvalue weighted by atomic mass is 32.1. The maximum absolute atomic E-state index is 11.6. The van der Waals surface area contributed by atoms with Gasteiger partial charge >= 0.3 is 0 Å². The topological polar surface area (TPSA) is 34.4 Å². The Bertz CT molecular complexity index is 518. The Morgan fingerprint density at radius 2 is 2.23 bits per heavy atom. The van der Waals surface area contributed by atoms with Crippen molar-refractivity contribution in [2.24, 2.45) is 0 Å². The van der Waals surface area contributed by atoms with Gasteiger partial charge in [-0.25, -0.2) is 4.98 Å². The van der Waals surface area contributed by atoms with Crippen LogP contribution in [0.2, 0.25) is 0 Å². The molecule has 2 aromatic rings. The number of hydrogen-bond donors (Lipinski definition) is 1. The molecule has 4 heteroatoms. The molecular formula is C9H8N2OS. The zero-order valence-corrected chi connectivity index (χ0v) is 7.95. The van der Waals surface area contributed by atoms with Crippen LogP contribution in [0.25, 0.3) is 5.65 Å². The van der Waals surface area contributed by atoms with Gasteiger partial charge in [-0.15, -0.1) is 12.6 Å². The minimum atomic E-state index is -0.0596. The number of thiol groups is 1. The normalized spacial score (nSPS) is 10.6. The monoisotopic (exact) mass is 192 g/mol. The minimum absolute atomic E-state index is 0.0596. The van der Waals surface area contributed by atoms with Crippen molar-refractivity contribution in [1.29, 1.82) is 0 Å². The predicted molar refractivity (Wildman–Crippen MR) is 53.5 cm³/mol. The van der Waals surface area contributed by atoms with Crippen molar-refractivity contribution >= 4 is 18.3 Å². The van der Waals surface area contributed by atoms with E-state index in [9.17, 15) is 4.79 Å². The van der Waals surface area contributed by atoms with Gasteiger partial charge in [-0.1, -0.05) is 6.07 Å². The van der Waals surface area contributed by atoms with Crippen LogP contribution >= 0.6 is 12.6 Å². The summed E-state index contributed by atoms with van der Waals surface area (Å²) >= 11 is 4.12. The highest BCUT2D eigenvalue weighted by molar-refractivity contribution is 7.80. The highest BCUT2D eigenvalue weighted by Crippen LogP contribution is 2.06. The molecule has 3 nitrogen and oxygen atoms in total. The Morgan fingerprint density at radius 1 is 1.46 bits per heavy atom. The molecule has 0 saturated carbocycles. The molecule has 66 valence electrons. The number of hydrogen-bond acceptors (Lipinski definition) is 3. The third-order valence-electron chi connectivity index (χ3n) is 1.93. The maximum atomic E-state index is 11.6. The lowest BCUT2D eigenvalue weighted by Crippen LogP contribution is -2.17. The van der Waals surface area contributed by atoms with Crippen LogP contribution in [0.1, 0.15) is 5.56 Å². The number of nitrogens with zero attached hydrogens (tertiary/aromatic N) is 2. The van der Waals surface area contributed by atoms with Gasteiger partial charge in [-0.05, 0) is 19.1 Å². The molecule has 0 amide bonds. The summed E-state index contributed by atoms with van der Waals surface area (Å²) in [5, 5.41) is 0.496. The van der Waals surface area contributed by atoms with Crippen molar-refractivity contribution in [3.63, 3.8) is 0 Å². The van der Waals surface area contributed by atoms with Gasteiger partial charge in [0.2, 0.25) is 0 Å². The zero-order valence-electron chi connectivity index (χ0n) is 7.06. The van der Waals surface area contributed by atoms with Crippen LogP contribution in [0.4, 0.5) is 0 Å². The SMILES string of the molecule is Cc1c(S)nc2ccccn2c1=O. The third kappa shape index (κ3) is 1.23. The Kier molecular flexibility index (Phi) is 1.84. The first-order valence-corrected chi connectivity index (χ1v) is 4.32. The Morgan fingerprint density at radius 3 is 3.00 bits per heavy atom. The zero-order chi connectivity index (χ0) is 9.42. The summed E-state index contributed by atoms with van der Waals surface area (Å²) in [7, 11) is 0. The summed E-state index contributed by atoms with van der Waals surface area (Å²) < 4.78 is 1.51. The van der Waals surface area contributed by atoms with E-state index in [0.717, 1.165) is 0 Å². The molecular weight excluding hydrogens is 184 g/mol. The summed E-state index contributed by atoms with van der Waals surface area (Å²) in [4.78, 5) is 15.8. The van der Waals surface area contributed by atoms with E-state index in [1.54, 1.807) is 25.3 Å². The average Bonchev–Trinajstić information content (AvgIpc) is 2.15. The van der Waals surface area contributed by atoms with Gasteiger partial charge < -0.3 is 0 Å². The van der Waals surface area contributed by atoms with E-state index in [-0.39, 0.29) is 5.56 Å². The second kappa shape index (κ2) is 2.88. The molecule has 0 spiro atoms. The van der Waals surface area contributed by atoms with Gasteiger partial charge in [0.15, 0.2) is 0 Å². The molecule has 0 aromatic carbocycles. The molecule has 13 heavy (non-hydrogen) atoms. The highest BCUT2D eigenvalue weighted by Gasteiger charge is 2.03. The smallest absolute Gasteiger partial charge is 0.261 e. The van der Waals surface area contributed by atoms with Crippen molar-refractivity contribution in [3.8, 4) is 0 Å². The molecule has 0 aliphatic carbocycles. The first kappa shape index (κ1) is 8.31. The largest absolute Gasteiger partial charge is 0.269 e. The Balaban J connectivity index is 3.03. The summed E-state index contributed by atoms with van der Waals surface area (Å²) in [6.07, 6.45) is 1.70. The lowest BCUT2D eigenvalue weighted by atomic mass is 10.3. The second-order valence-electron chi connectivity index (χ2n) is 2.79. The lowest BCUT2D eigenvalue weighted by Gasteiger charge is -2.02. The van der Waals surface area contributed by atoms with E-state index in [0.29, 0.717) is 16.2 Å². The molecule has 0 radical (unpaired) electrons. The molecule has 0 aliphatic heterocycles. The summed E-state index contributed by atoms with van der Waals surface area (Å²) in [6.45, 7) is 1.72. The van der Waals surface area contributed by atoms with E-state index < -0.39 is 0 Å². The number of pyridine rings is 1. The number of fused-ring (bicyclic) bond motifs is 1. The molecule has 2 aromatic heterocycles. The fourth-order valence-electron chi connectivity index (χ4n) is 1.17. The minimum Gasteiger partial charge on any atom is -0.269 e. The van der Waals surface area contributed by atoms with Gasteiger partial charge in [0, 0.05) is 11.8 Å². The molecule has 0 N–H and O–H groups in total. The molecule has 0 saturated heterocycles. The van der Waals surface area contributed by atoms with Crippen LogP contribution in [0.3, 0.4) is 0 Å². The Hall–Kier alpha value is -1.29. The van der Waals surface area contributed by atoms with Crippen LogP contribution in [0.5, 0.6) is 0 Å². The first-order valence-electron chi connectivity index (χ1n) is 3.87. The molecule has 0 aliphatic rings. The molecule has 0 fully saturated rings. The molecule has 0 bridgehead atoms. The van der Waals surface area contributed by atoms with Gasteiger partial charge in [0.05, 0.1) is 0 Å². The van der Waals surface area contributed by atoms with Crippen molar-refractivity contribution in [3.05, 3.63) is 40.3 Å². The van der Waals surface area contributed by atoms with Gasteiger partial charge in [-0.2, -0.15) is 0 Å². The molecule has 2 heterocycles. The van der Waals surface area contributed by atoms with Crippen LogP contribution in [0, 0.1) is 6.92 Å². The van der Waals surface area contributed by atoms with E-state index in [1.807, 2.05) is 6.07 Å². The quantitative estimate of drug-likeness (QED) is 0.504. The second-order valence-corrected chi connectivity index (χ2v) is 3.22. The standard InChI is InChI=1S/C9H8N2OS/c1-6-8(13)10-7-4-2-3-5-11(7)9(6)12/h2-5,13H,1H3. The summed E-state index contributed by atoms with van der Waals surface area (Å²) in [5.41, 5.74) is 1.14. The molecule has 0 unspecified atom stereocenters. The predicted octanol–water partition coefficient (Wildman–Crippen LogP) is 1.29. The van der Waals surface area contributed by atoms with Gasteiger partial charge in [-0.3, -0.25) is 9.20 Å². The summed E-state index contributed by atoms with van der Waals surface area (Å²) in [6, 6.07) is 5.42. The van der Waals surface area contributed by atoms with E-state index in [2.05, 4.69) is 17.6 Å². The molecule has 0 atom stereocenters. The Labute approximate surface area is 80.5 Å². The van der Waals surface area contributed by atoms with E-state index in [1.165, 1.54) is 4.40 Å².